The predicted octanol–water partition coefficient (Wildman–Crippen LogP) is 1.81. The molecule has 6 heteroatoms. The Labute approximate surface area is 119 Å². The van der Waals surface area contributed by atoms with Crippen molar-refractivity contribution >= 4 is 11.4 Å². The molecule has 0 bridgehead atoms. The summed E-state index contributed by atoms with van der Waals surface area (Å²) >= 11 is 0. The normalized spacial score (nSPS) is 10.4. The van der Waals surface area contributed by atoms with Gasteiger partial charge in [0, 0.05) is 33.9 Å². The molecule has 0 saturated carbocycles. The number of methoxy groups -OCH3 is 1. The van der Waals surface area contributed by atoms with Crippen LogP contribution in [0.2, 0.25) is 0 Å². The second-order valence-electron chi connectivity index (χ2n) is 4.84. The average molecular weight is 275 g/mol. The third-order valence-electron chi connectivity index (χ3n) is 3.22. The Kier molecular flexibility index (Phi) is 4.12. The summed E-state index contributed by atoms with van der Waals surface area (Å²) < 4.78 is 7.15. The number of pyridine rings is 1. The highest BCUT2D eigenvalue weighted by atomic mass is 16.5. The van der Waals surface area contributed by atoms with Crippen molar-refractivity contribution < 1.29 is 4.74 Å². The molecule has 0 unspecified atom stereocenters. The Morgan fingerprint density at radius 3 is 2.80 bits per heavy atom. The molecule has 0 atom stereocenters. The SMILES string of the molecule is COc1c(CNc2cnccc2N(C)C)c(C)nn1C. The summed E-state index contributed by atoms with van der Waals surface area (Å²) in [5.74, 6) is 0.783. The molecule has 2 heterocycles. The highest BCUT2D eigenvalue weighted by Crippen LogP contribution is 2.26. The molecule has 0 fully saturated rings. The van der Waals surface area contributed by atoms with Gasteiger partial charge < -0.3 is 15.0 Å². The number of aromatic nitrogens is 3. The topological polar surface area (TPSA) is 55.2 Å². The van der Waals surface area contributed by atoms with Gasteiger partial charge in [0.1, 0.15) is 0 Å². The standard InChI is InChI=1S/C14H21N5O/c1-10-11(14(20-5)19(4)17-10)8-16-12-9-15-7-6-13(12)18(2)3/h6-7,9,16H,8H2,1-5H3. The number of hydrogen-bond acceptors (Lipinski definition) is 5. The minimum atomic E-state index is 0.648. The van der Waals surface area contributed by atoms with Crippen LogP contribution in [0.4, 0.5) is 11.4 Å². The third-order valence-corrected chi connectivity index (χ3v) is 3.22. The van der Waals surface area contributed by atoms with Gasteiger partial charge in [0.15, 0.2) is 0 Å². The summed E-state index contributed by atoms with van der Waals surface area (Å²) in [5, 5.41) is 7.78. The van der Waals surface area contributed by atoms with Crippen molar-refractivity contribution in [2.24, 2.45) is 7.05 Å². The molecule has 0 aromatic carbocycles. The van der Waals surface area contributed by atoms with E-state index in [1.807, 2.05) is 40.3 Å². The molecule has 2 rings (SSSR count). The lowest BCUT2D eigenvalue weighted by Gasteiger charge is -2.18. The summed E-state index contributed by atoms with van der Waals surface area (Å²) in [7, 11) is 7.56. The first-order valence-corrected chi connectivity index (χ1v) is 6.46. The fourth-order valence-corrected chi connectivity index (χ4v) is 2.24. The first-order chi connectivity index (χ1) is 9.54. The second-order valence-corrected chi connectivity index (χ2v) is 4.84. The van der Waals surface area contributed by atoms with E-state index in [4.69, 9.17) is 4.74 Å². The maximum absolute atomic E-state index is 5.40. The maximum Gasteiger partial charge on any atom is 0.216 e. The van der Waals surface area contributed by atoms with Crippen LogP contribution in [0, 0.1) is 6.92 Å². The molecule has 0 spiro atoms. The molecule has 0 amide bonds. The lowest BCUT2D eigenvalue weighted by atomic mass is 10.2. The summed E-state index contributed by atoms with van der Waals surface area (Å²) in [4.78, 5) is 6.22. The van der Waals surface area contributed by atoms with Crippen molar-refractivity contribution in [2.75, 3.05) is 31.4 Å². The molecule has 0 aliphatic rings. The van der Waals surface area contributed by atoms with Gasteiger partial charge in [0.2, 0.25) is 5.88 Å². The fourth-order valence-electron chi connectivity index (χ4n) is 2.24. The molecule has 1 N–H and O–H groups in total. The van der Waals surface area contributed by atoms with Crippen molar-refractivity contribution in [3.63, 3.8) is 0 Å². The molecule has 20 heavy (non-hydrogen) atoms. The van der Waals surface area contributed by atoms with E-state index in [9.17, 15) is 0 Å². The van der Waals surface area contributed by atoms with Crippen LogP contribution < -0.4 is 15.0 Å². The summed E-state index contributed by atoms with van der Waals surface area (Å²) in [6.45, 7) is 2.63. The predicted molar refractivity (Wildman–Crippen MR) is 80.4 cm³/mol. The zero-order chi connectivity index (χ0) is 14.7. The lowest BCUT2D eigenvalue weighted by Crippen LogP contribution is -2.12. The molecule has 0 radical (unpaired) electrons. The molecule has 0 saturated heterocycles. The Morgan fingerprint density at radius 1 is 1.40 bits per heavy atom. The Balaban J connectivity index is 2.21. The van der Waals surface area contributed by atoms with Crippen molar-refractivity contribution in [1.29, 1.82) is 0 Å². The smallest absolute Gasteiger partial charge is 0.216 e. The largest absolute Gasteiger partial charge is 0.481 e. The highest BCUT2D eigenvalue weighted by Gasteiger charge is 2.14. The average Bonchev–Trinajstić information content (AvgIpc) is 2.70. The van der Waals surface area contributed by atoms with Gasteiger partial charge in [-0.25, -0.2) is 4.68 Å². The van der Waals surface area contributed by atoms with Crippen molar-refractivity contribution in [2.45, 2.75) is 13.5 Å². The summed E-state index contributed by atoms with van der Waals surface area (Å²) in [5.41, 5.74) is 4.11. The van der Waals surface area contributed by atoms with Gasteiger partial charge >= 0.3 is 0 Å². The van der Waals surface area contributed by atoms with E-state index < -0.39 is 0 Å². The number of nitrogens with one attached hydrogen (secondary N) is 1. The van der Waals surface area contributed by atoms with Crippen molar-refractivity contribution in [3.05, 3.63) is 29.7 Å². The van der Waals surface area contributed by atoms with Crippen molar-refractivity contribution in [3.8, 4) is 5.88 Å². The van der Waals surface area contributed by atoms with E-state index in [1.165, 1.54) is 0 Å². The molecule has 108 valence electrons. The van der Waals surface area contributed by atoms with Crippen LogP contribution in [0.25, 0.3) is 0 Å². The molecular weight excluding hydrogens is 254 g/mol. The molecule has 2 aromatic rings. The van der Waals surface area contributed by atoms with Crippen molar-refractivity contribution in [1.82, 2.24) is 14.8 Å². The number of nitrogens with zero attached hydrogens (tertiary/aromatic N) is 4. The van der Waals surface area contributed by atoms with Gasteiger partial charge in [-0.2, -0.15) is 5.10 Å². The van der Waals surface area contributed by atoms with Crippen LogP contribution in [0.5, 0.6) is 5.88 Å². The molecule has 0 aliphatic carbocycles. The quantitative estimate of drug-likeness (QED) is 0.902. The zero-order valence-corrected chi connectivity index (χ0v) is 12.6. The summed E-state index contributed by atoms with van der Waals surface area (Å²) in [6.07, 6.45) is 3.62. The van der Waals surface area contributed by atoms with Gasteiger partial charge in [-0.3, -0.25) is 4.98 Å². The van der Waals surface area contributed by atoms with Gasteiger partial charge in [0.25, 0.3) is 0 Å². The number of anilines is 2. The van der Waals surface area contributed by atoms with Crippen LogP contribution in [0.15, 0.2) is 18.5 Å². The van der Waals surface area contributed by atoms with Crippen LogP contribution in [-0.2, 0) is 13.6 Å². The van der Waals surface area contributed by atoms with E-state index in [-0.39, 0.29) is 0 Å². The first-order valence-electron chi connectivity index (χ1n) is 6.46. The van der Waals surface area contributed by atoms with E-state index in [2.05, 4.69) is 20.3 Å². The van der Waals surface area contributed by atoms with E-state index in [0.29, 0.717) is 6.54 Å². The Hall–Kier alpha value is -2.24. The van der Waals surface area contributed by atoms with E-state index in [1.54, 1.807) is 18.0 Å². The van der Waals surface area contributed by atoms with Crippen LogP contribution >= 0.6 is 0 Å². The second kappa shape index (κ2) is 5.81. The van der Waals surface area contributed by atoms with Crippen LogP contribution in [0.3, 0.4) is 0 Å². The zero-order valence-electron chi connectivity index (χ0n) is 12.6. The van der Waals surface area contributed by atoms with E-state index in [0.717, 1.165) is 28.5 Å². The number of ether oxygens (including phenoxy) is 1. The molecular formula is C14H21N5O. The lowest BCUT2D eigenvalue weighted by molar-refractivity contribution is 0.370. The molecule has 2 aromatic heterocycles. The van der Waals surface area contributed by atoms with Gasteiger partial charge in [-0.1, -0.05) is 0 Å². The minimum Gasteiger partial charge on any atom is -0.481 e. The monoisotopic (exact) mass is 275 g/mol. The molecule has 0 aliphatic heterocycles. The van der Waals surface area contributed by atoms with Gasteiger partial charge in [0.05, 0.1) is 35.9 Å². The Morgan fingerprint density at radius 2 is 2.15 bits per heavy atom. The fraction of sp³-hybridized carbons (Fsp3) is 0.429. The number of aryl methyl sites for hydroxylation is 2. The number of hydrogen-bond donors (Lipinski definition) is 1. The highest BCUT2D eigenvalue weighted by molar-refractivity contribution is 5.68. The number of rotatable bonds is 5. The Bertz CT molecular complexity index is 591. The summed E-state index contributed by atoms with van der Waals surface area (Å²) in [6, 6.07) is 1.98. The maximum atomic E-state index is 5.40. The van der Waals surface area contributed by atoms with Crippen LogP contribution in [-0.4, -0.2) is 36.0 Å². The van der Waals surface area contributed by atoms with E-state index >= 15 is 0 Å². The minimum absolute atomic E-state index is 0.648. The van der Waals surface area contributed by atoms with Gasteiger partial charge in [-0.15, -0.1) is 0 Å². The third kappa shape index (κ3) is 2.68. The first kappa shape index (κ1) is 14.2. The molecule has 6 nitrogen and oxygen atoms in total. The van der Waals surface area contributed by atoms with Crippen LogP contribution in [0.1, 0.15) is 11.3 Å². The van der Waals surface area contributed by atoms with Gasteiger partial charge in [-0.05, 0) is 13.0 Å².